The van der Waals surface area contributed by atoms with Crippen LogP contribution in [0.25, 0.3) is 11.1 Å². The Morgan fingerprint density at radius 2 is 2.18 bits per heavy atom. The summed E-state index contributed by atoms with van der Waals surface area (Å²) in [7, 11) is 0. The Bertz CT molecular complexity index is 621. The van der Waals surface area contributed by atoms with E-state index in [1.165, 1.54) is 0 Å². The summed E-state index contributed by atoms with van der Waals surface area (Å²) in [5, 5.41) is 12.7. The maximum absolute atomic E-state index is 12.3. The molecule has 0 aliphatic heterocycles. The average molecular weight is 299 g/mol. The second-order valence-electron chi connectivity index (χ2n) is 5.99. The average Bonchev–Trinajstić information content (AvgIpc) is 3.07. The standard InChI is InChI=1S/C18H21NO3/c20-17-6-1-3-13(9-17)11-19-18(21)15-5-2-4-14(10-15)16-7-8-22-12-16/h2,4-5,7-8,10,12-13,17,20H,1,3,6,9,11H2,(H,19,21). The van der Waals surface area contributed by atoms with E-state index in [9.17, 15) is 9.90 Å². The number of nitrogens with one attached hydrogen (secondary N) is 1. The van der Waals surface area contributed by atoms with Crippen LogP contribution in [-0.4, -0.2) is 23.7 Å². The molecule has 1 fully saturated rings. The minimum absolute atomic E-state index is 0.0644. The zero-order chi connectivity index (χ0) is 15.4. The number of carbonyl (C=O) groups is 1. The van der Waals surface area contributed by atoms with Gasteiger partial charge in [0.2, 0.25) is 0 Å². The van der Waals surface area contributed by atoms with Crippen LogP contribution in [0.5, 0.6) is 0 Å². The molecule has 4 heteroatoms. The molecule has 1 saturated carbocycles. The molecule has 1 heterocycles. The van der Waals surface area contributed by atoms with Gasteiger partial charge in [-0.3, -0.25) is 4.79 Å². The zero-order valence-corrected chi connectivity index (χ0v) is 12.5. The summed E-state index contributed by atoms with van der Waals surface area (Å²) in [6, 6.07) is 9.39. The van der Waals surface area contributed by atoms with Crippen molar-refractivity contribution in [1.82, 2.24) is 5.32 Å². The molecule has 2 N–H and O–H groups in total. The molecule has 2 atom stereocenters. The molecule has 2 unspecified atom stereocenters. The van der Waals surface area contributed by atoms with Crippen LogP contribution in [0.1, 0.15) is 36.0 Å². The number of furan rings is 1. The van der Waals surface area contributed by atoms with Crippen molar-refractivity contribution in [3.8, 4) is 11.1 Å². The minimum atomic E-state index is -0.208. The van der Waals surface area contributed by atoms with Crippen molar-refractivity contribution in [2.45, 2.75) is 31.8 Å². The van der Waals surface area contributed by atoms with E-state index in [0.29, 0.717) is 18.0 Å². The lowest BCUT2D eigenvalue weighted by molar-refractivity contribution is 0.0874. The van der Waals surface area contributed by atoms with Crippen LogP contribution in [0.3, 0.4) is 0 Å². The molecule has 1 aromatic carbocycles. The van der Waals surface area contributed by atoms with Gasteiger partial charge in [-0.25, -0.2) is 0 Å². The smallest absolute Gasteiger partial charge is 0.251 e. The van der Waals surface area contributed by atoms with Gasteiger partial charge in [0.1, 0.15) is 0 Å². The Balaban J connectivity index is 1.61. The van der Waals surface area contributed by atoms with Crippen LogP contribution in [0.4, 0.5) is 0 Å². The minimum Gasteiger partial charge on any atom is -0.472 e. The second-order valence-corrected chi connectivity index (χ2v) is 5.99. The van der Waals surface area contributed by atoms with Crippen LogP contribution in [0, 0.1) is 5.92 Å². The summed E-state index contributed by atoms with van der Waals surface area (Å²) in [5.41, 5.74) is 2.58. The van der Waals surface area contributed by atoms with Gasteiger partial charge in [0, 0.05) is 17.7 Å². The predicted octanol–water partition coefficient (Wildman–Crippen LogP) is 3.23. The fourth-order valence-electron chi connectivity index (χ4n) is 3.06. The summed E-state index contributed by atoms with van der Waals surface area (Å²) in [4.78, 5) is 12.3. The van der Waals surface area contributed by atoms with Gasteiger partial charge in [0.05, 0.1) is 18.6 Å². The lowest BCUT2D eigenvalue weighted by Crippen LogP contribution is -2.32. The van der Waals surface area contributed by atoms with E-state index < -0.39 is 0 Å². The molecule has 0 bridgehead atoms. The van der Waals surface area contributed by atoms with Crippen molar-refractivity contribution in [2.75, 3.05) is 6.54 Å². The Hall–Kier alpha value is -2.07. The fraction of sp³-hybridized carbons (Fsp3) is 0.389. The number of aliphatic hydroxyl groups is 1. The second kappa shape index (κ2) is 6.79. The third kappa shape index (κ3) is 3.57. The lowest BCUT2D eigenvalue weighted by atomic mass is 9.87. The maximum Gasteiger partial charge on any atom is 0.251 e. The number of hydrogen-bond acceptors (Lipinski definition) is 3. The van der Waals surface area contributed by atoms with Crippen LogP contribution in [0.2, 0.25) is 0 Å². The third-order valence-electron chi connectivity index (χ3n) is 4.29. The molecule has 1 aliphatic rings. The van der Waals surface area contributed by atoms with Gasteiger partial charge in [0.15, 0.2) is 0 Å². The van der Waals surface area contributed by atoms with Crippen LogP contribution >= 0.6 is 0 Å². The van der Waals surface area contributed by atoms with Gasteiger partial charge in [-0.2, -0.15) is 0 Å². The first-order chi connectivity index (χ1) is 10.7. The Morgan fingerprint density at radius 1 is 1.27 bits per heavy atom. The van der Waals surface area contributed by atoms with Crippen molar-refractivity contribution in [3.05, 3.63) is 48.4 Å². The maximum atomic E-state index is 12.3. The molecule has 4 nitrogen and oxygen atoms in total. The summed E-state index contributed by atoms with van der Waals surface area (Å²) in [6.45, 7) is 0.631. The zero-order valence-electron chi connectivity index (χ0n) is 12.5. The highest BCUT2D eigenvalue weighted by Crippen LogP contribution is 2.24. The molecule has 1 aromatic heterocycles. The van der Waals surface area contributed by atoms with Crippen molar-refractivity contribution in [1.29, 1.82) is 0 Å². The van der Waals surface area contributed by atoms with Gasteiger partial charge in [-0.15, -0.1) is 0 Å². The molecule has 22 heavy (non-hydrogen) atoms. The molecule has 3 rings (SSSR count). The van der Waals surface area contributed by atoms with E-state index in [0.717, 1.165) is 36.8 Å². The van der Waals surface area contributed by atoms with E-state index >= 15 is 0 Å². The summed E-state index contributed by atoms with van der Waals surface area (Å²) in [6.07, 6.45) is 6.87. The predicted molar refractivity (Wildman–Crippen MR) is 84.4 cm³/mol. The van der Waals surface area contributed by atoms with Gasteiger partial charge < -0.3 is 14.8 Å². The summed E-state index contributed by atoms with van der Waals surface area (Å²) >= 11 is 0. The Labute approximate surface area is 130 Å². The molecular weight excluding hydrogens is 278 g/mol. The largest absolute Gasteiger partial charge is 0.472 e. The highest BCUT2D eigenvalue weighted by molar-refractivity contribution is 5.95. The first-order valence-corrected chi connectivity index (χ1v) is 7.81. The quantitative estimate of drug-likeness (QED) is 0.911. The Kier molecular flexibility index (Phi) is 4.59. The first kappa shape index (κ1) is 14.9. The van der Waals surface area contributed by atoms with Crippen molar-refractivity contribution >= 4 is 5.91 Å². The normalized spacial score (nSPS) is 21.5. The summed E-state index contributed by atoms with van der Waals surface area (Å²) in [5.74, 6) is 0.315. The number of hydrogen-bond donors (Lipinski definition) is 2. The number of amides is 1. The van der Waals surface area contributed by atoms with Gasteiger partial charge in [0.25, 0.3) is 5.91 Å². The third-order valence-corrected chi connectivity index (χ3v) is 4.29. The first-order valence-electron chi connectivity index (χ1n) is 7.81. The van der Waals surface area contributed by atoms with Crippen molar-refractivity contribution in [3.63, 3.8) is 0 Å². The Morgan fingerprint density at radius 3 is 2.95 bits per heavy atom. The van der Waals surface area contributed by atoms with Gasteiger partial charge in [-0.05, 0) is 48.9 Å². The molecule has 116 valence electrons. The van der Waals surface area contributed by atoms with Crippen LogP contribution in [-0.2, 0) is 0 Å². The molecule has 0 saturated heterocycles. The van der Waals surface area contributed by atoms with E-state index in [4.69, 9.17) is 4.42 Å². The fourth-order valence-corrected chi connectivity index (χ4v) is 3.06. The number of aliphatic hydroxyl groups excluding tert-OH is 1. The molecule has 0 radical (unpaired) electrons. The number of carbonyl (C=O) groups excluding carboxylic acids is 1. The molecule has 1 aliphatic carbocycles. The molecule has 0 spiro atoms. The molecule has 1 amide bonds. The topological polar surface area (TPSA) is 62.5 Å². The number of rotatable bonds is 4. The van der Waals surface area contributed by atoms with E-state index in [-0.39, 0.29) is 12.0 Å². The number of benzene rings is 1. The molecular formula is C18H21NO3. The van der Waals surface area contributed by atoms with E-state index in [1.807, 2.05) is 30.3 Å². The highest BCUT2D eigenvalue weighted by atomic mass is 16.3. The van der Waals surface area contributed by atoms with E-state index in [2.05, 4.69) is 5.32 Å². The highest BCUT2D eigenvalue weighted by Gasteiger charge is 2.20. The van der Waals surface area contributed by atoms with Crippen LogP contribution in [0.15, 0.2) is 47.3 Å². The van der Waals surface area contributed by atoms with Crippen molar-refractivity contribution in [2.24, 2.45) is 5.92 Å². The molecule has 2 aromatic rings. The SMILES string of the molecule is O=C(NCC1CCCC(O)C1)c1cccc(-c2ccoc2)c1. The van der Waals surface area contributed by atoms with Crippen molar-refractivity contribution < 1.29 is 14.3 Å². The summed E-state index contributed by atoms with van der Waals surface area (Å²) < 4.78 is 5.08. The van der Waals surface area contributed by atoms with Gasteiger partial charge in [-0.1, -0.05) is 18.6 Å². The van der Waals surface area contributed by atoms with Gasteiger partial charge >= 0.3 is 0 Å². The van der Waals surface area contributed by atoms with Crippen LogP contribution < -0.4 is 5.32 Å². The van der Waals surface area contributed by atoms with E-state index in [1.54, 1.807) is 12.5 Å². The monoisotopic (exact) mass is 299 g/mol. The lowest BCUT2D eigenvalue weighted by Gasteiger charge is -2.25.